The van der Waals surface area contributed by atoms with Gasteiger partial charge in [-0.05, 0) is 17.7 Å². The molecule has 2 aromatic carbocycles. The molecule has 8 heteroatoms. The Morgan fingerprint density at radius 2 is 1.70 bits per heavy atom. The van der Waals surface area contributed by atoms with Crippen LogP contribution in [0.2, 0.25) is 0 Å². The summed E-state index contributed by atoms with van der Waals surface area (Å²) in [7, 11) is 0. The molecule has 0 saturated carbocycles. The van der Waals surface area contributed by atoms with E-state index in [4.69, 9.17) is 9.47 Å². The van der Waals surface area contributed by atoms with Crippen LogP contribution < -0.4 is 5.32 Å². The van der Waals surface area contributed by atoms with E-state index in [1.165, 1.54) is 12.1 Å². The highest BCUT2D eigenvalue weighted by atomic mass is 19.4. The fourth-order valence-corrected chi connectivity index (χ4v) is 2.53. The third kappa shape index (κ3) is 5.70. The molecule has 2 aromatic rings. The number of nitrogens with one attached hydrogen (secondary N) is 1. The average Bonchev–Trinajstić information content (AvgIpc) is 3.39. The number of carbonyl (C=O) groups excluding carboxylic acids is 1. The van der Waals surface area contributed by atoms with Crippen molar-refractivity contribution in [3.05, 3.63) is 66.2 Å². The maximum Gasteiger partial charge on any atom is 0.428 e. The third-order valence-corrected chi connectivity index (χ3v) is 3.89. The normalized spacial score (nSPS) is 20.0. The standard InChI is InChI=1S/C19H18F3NO4/c20-19(21,22)17(27-18(24)23-14-9-5-2-6-10-14)16-15(26-16)12-25-11-13-7-3-1-4-8-13/h1-10,15-17H,11-12H2,(H,23,24)/t15-,16+,17?/m0/s1. The van der Waals surface area contributed by atoms with Gasteiger partial charge in [0, 0.05) is 5.69 Å². The predicted octanol–water partition coefficient (Wildman–Crippen LogP) is 4.15. The minimum Gasteiger partial charge on any atom is -0.433 e. The molecule has 27 heavy (non-hydrogen) atoms. The zero-order valence-corrected chi connectivity index (χ0v) is 14.2. The van der Waals surface area contributed by atoms with Crippen LogP contribution in [0.15, 0.2) is 60.7 Å². The van der Waals surface area contributed by atoms with Crippen molar-refractivity contribution < 1.29 is 32.2 Å². The molecule has 3 rings (SSSR count). The molecule has 1 saturated heterocycles. The first-order valence-corrected chi connectivity index (χ1v) is 8.30. The molecule has 0 bridgehead atoms. The van der Waals surface area contributed by atoms with Gasteiger partial charge >= 0.3 is 12.3 Å². The van der Waals surface area contributed by atoms with Crippen molar-refractivity contribution in [3.63, 3.8) is 0 Å². The smallest absolute Gasteiger partial charge is 0.428 e. The largest absolute Gasteiger partial charge is 0.433 e. The van der Waals surface area contributed by atoms with Gasteiger partial charge in [0.25, 0.3) is 0 Å². The van der Waals surface area contributed by atoms with Crippen LogP contribution in [0, 0.1) is 0 Å². The van der Waals surface area contributed by atoms with Crippen LogP contribution >= 0.6 is 0 Å². The summed E-state index contributed by atoms with van der Waals surface area (Å²) >= 11 is 0. The van der Waals surface area contributed by atoms with Crippen LogP contribution in [0.1, 0.15) is 5.56 Å². The van der Waals surface area contributed by atoms with Crippen molar-refractivity contribution in [2.75, 3.05) is 11.9 Å². The van der Waals surface area contributed by atoms with Gasteiger partial charge in [0.2, 0.25) is 6.10 Å². The Kier molecular flexibility index (Phi) is 5.98. The maximum atomic E-state index is 13.2. The summed E-state index contributed by atoms with van der Waals surface area (Å²) in [5.41, 5.74) is 1.24. The van der Waals surface area contributed by atoms with E-state index < -0.39 is 30.6 Å². The number of halogens is 3. The van der Waals surface area contributed by atoms with Crippen molar-refractivity contribution in [1.82, 2.24) is 0 Å². The number of benzene rings is 2. The quantitative estimate of drug-likeness (QED) is 0.732. The van der Waals surface area contributed by atoms with Crippen LogP contribution in [0.4, 0.5) is 23.7 Å². The lowest BCUT2D eigenvalue weighted by Gasteiger charge is -2.19. The molecule has 1 aliphatic heterocycles. The van der Waals surface area contributed by atoms with Crippen molar-refractivity contribution in [2.45, 2.75) is 31.1 Å². The first-order valence-electron chi connectivity index (χ1n) is 8.30. The zero-order valence-electron chi connectivity index (χ0n) is 14.2. The van der Waals surface area contributed by atoms with Gasteiger partial charge in [0.05, 0.1) is 13.2 Å². The van der Waals surface area contributed by atoms with Gasteiger partial charge in [0.1, 0.15) is 12.2 Å². The Morgan fingerprint density at radius 3 is 2.33 bits per heavy atom. The molecule has 1 aliphatic rings. The summed E-state index contributed by atoms with van der Waals surface area (Å²) in [5, 5.41) is 2.26. The second-order valence-corrected chi connectivity index (χ2v) is 6.00. The van der Waals surface area contributed by atoms with Gasteiger partial charge in [-0.25, -0.2) is 4.79 Å². The molecule has 144 valence electrons. The first-order chi connectivity index (χ1) is 12.9. The number of anilines is 1. The molecule has 5 nitrogen and oxygen atoms in total. The Bertz CT molecular complexity index is 740. The summed E-state index contributed by atoms with van der Waals surface area (Å²) in [4.78, 5) is 11.8. The van der Waals surface area contributed by atoms with Crippen molar-refractivity contribution in [3.8, 4) is 0 Å². The second kappa shape index (κ2) is 8.41. The van der Waals surface area contributed by atoms with Crippen LogP contribution in [0.25, 0.3) is 0 Å². The molecular formula is C19H18F3NO4. The second-order valence-electron chi connectivity index (χ2n) is 6.00. The summed E-state index contributed by atoms with van der Waals surface area (Å²) in [6.07, 6.45) is -10.3. The molecule has 0 aromatic heterocycles. The highest BCUT2D eigenvalue weighted by Crippen LogP contribution is 2.37. The number of rotatable bonds is 7. The Morgan fingerprint density at radius 1 is 1.07 bits per heavy atom. The Labute approximate surface area is 154 Å². The molecule has 1 fully saturated rings. The maximum absolute atomic E-state index is 13.2. The van der Waals surface area contributed by atoms with E-state index in [1.807, 2.05) is 30.3 Å². The fraction of sp³-hybridized carbons (Fsp3) is 0.316. The summed E-state index contributed by atoms with van der Waals surface area (Å²) in [6.45, 7) is 0.245. The molecule has 1 unspecified atom stereocenters. The van der Waals surface area contributed by atoms with E-state index >= 15 is 0 Å². The van der Waals surface area contributed by atoms with Gasteiger partial charge in [0.15, 0.2) is 0 Å². The molecule has 3 atom stereocenters. The minimum absolute atomic E-state index is 0.0181. The highest BCUT2D eigenvalue weighted by molar-refractivity contribution is 5.84. The van der Waals surface area contributed by atoms with Gasteiger partial charge in [-0.3, -0.25) is 5.32 Å². The average molecular weight is 381 g/mol. The first kappa shape index (κ1) is 19.2. The van der Waals surface area contributed by atoms with Crippen LogP contribution in [-0.2, 0) is 20.8 Å². The Hall–Kier alpha value is -2.58. The fourth-order valence-electron chi connectivity index (χ4n) is 2.53. The van der Waals surface area contributed by atoms with Crippen LogP contribution in [-0.4, -0.2) is 37.2 Å². The van der Waals surface area contributed by atoms with Crippen molar-refractivity contribution in [1.29, 1.82) is 0 Å². The van der Waals surface area contributed by atoms with E-state index in [9.17, 15) is 18.0 Å². The number of amides is 1. The van der Waals surface area contributed by atoms with E-state index in [1.54, 1.807) is 18.2 Å². The number of alkyl halides is 3. The summed E-state index contributed by atoms with van der Waals surface area (Å²) in [5.74, 6) is 0. The topological polar surface area (TPSA) is 60.1 Å². The lowest BCUT2D eigenvalue weighted by Crippen LogP contribution is -2.40. The van der Waals surface area contributed by atoms with E-state index in [0.717, 1.165) is 5.56 Å². The highest BCUT2D eigenvalue weighted by Gasteiger charge is 2.59. The van der Waals surface area contributed by atoms with Crippen LogP contribution in [0.3, 0.4) is 0 Å². The monoisotopic (exact) mass is 381 g/mol. The van der Waals surface area contributed by atoms with Gasteiger partial charge in [-0.2, -0.15) is 13.2 Å². The summed E-state index contributed by atoms with van der Waals surface area (Å²) in [6, 6.07) is 17.3. The van der Waals surface area contributed by atoms with Gasteiger partial charge in [-0.15, -0.1) is 0 Å². The number of hydrogen-bond donors (Lipinski definition) is 1. The number of para-hydroxylation sites is 1. The number of carbonyl (C=O) groups is 1. The number of epoxide rings is 1. The van der Waals surface area contributed by atoms with Crippen molar-refractivity contribution >= 4 is 11.8 Å². The van der Waals surface area contributed by atoms with E-state index in [0.29, 0.717) is 5.69 Å². The minimum atomic E-state index is -4.74. The lowest BCUT2D eigenvalue weighted by molar-refractivity contribution is -0.207. The third-order valence-electron chi connectivity index (χ3n) is 3.89. The van der Waals surface area contributed by atoms with E-state index in [-0.39, 0.29) is 13.2 Å². The number of ether oxygens (including phenoxy) is 3. The molecule has 1 amide bonds. The molecule has 0 radical (unpaired) electrons. The predicted molar refractivity (Wildman–Crippen MR) is 91.1 cm³/mol. The molecule has 0 aliphatic carbocycles. The van der Waals surface area contributed by atoms with Crippen LogP contribution in [0.5, 0.6) is 0 Å². The lowest BCUT2D eigenvalue weighted by atomic mass is 10.2. The van der Waals surface area contributed by atoms with Gasteiger partial charge in [-0.1, -0.05) is 48.5 Å². The Balaban J connectivity index is 1.49. The molecule has 1 N–H and O–H groups in total. The molecule has 0 spiro atoms. The molecule has 1 heterocycles. The van der Waals surface area contributed by atoms with E-state index in [2.05, 4.69) is 10.1 Å². The number of hydrogen-bond acceptors (Lipinski definition) is 4. The zero-order chi connectivity index (χ0) is 19.3. The molecular weight excluding hydrogens is 363 g/mol. The van der Waals surface area contributed by atoms with Gasteiger partial charge < -0.3 is 14.2 Å². The summed E-state index contributed by atoms with van der Waals surface area (Å²) < 4.78 is 54.7. The SMILES string of the molecule is O=C(Nc1ccccc1)OC([C@@H]1O[C@H]1COCc1ccccc1)C(F)(F)F. The van der Waals surface area contributed by atoms with Crippen molar-refractivity contribution in [2.24, 2.45) is 0 Å².